The van der Waals surface area contributed by atoms with Crippen molar-refractivity contribution in [3.63, 3.8) is 0 Å². The molecule has 1 aromatic rings. The van der Waals surface area contributed by atoms with Crippen LogP contribution in [-0.2, 0) is 6.42 Å². The monoisotopic (exact) mass is 241 g/mol. The van der Waals surface area contributed by atoms with Gasteiger partial charge in [0.25, 0.3) is 0 Å². The lowest BCUT2D eigenvalue weighted by Gasteiger charge is -1.98. The second-order valence-corrected chi connectivity index (χ2v) is 2.55. The maximum atomic E-state index is 4.08. The Hall–Kier alpha value is -0.930. The van der Waals surface area contributed by atoms with E-state index in [-0.39, 0.29) is 22.5 Å². The highest BCUT2D eigenvalue weighted by Crippen LogP contribution is 2.12. The molecule has 0 atom stereocenters. The molecule has 1 aromatic carbocycles. The van der Waals surface area contributed by atoms with Gasteiger partial charge in [-0.3, -0.25) is 4.99 Å². The first-order chi connectivity index (χ1) is 5.47. The van der Waals surface area contributed by atoms with E-state index in [1.165, 1.54) is 11.1 Å². The summed E-state index contributed by atoms with van der Waals surface area (Å²) >= 11 is 0. The third-order valence-corrected chi connectivity index (χ3v) is 1.81. The van der Waals surface area contributed by atoms with E-state index in [9.17, 15) is 0 Å². The van der Waals surface area contributed by atoms with Gasteiger partial charge >= 0.3 is 0 Å². The van der Waals surface area contributed by atoms with E-state index in [0.717, 1.165) is 6.42 Å². The number of hydrogen-bond acceptors (Lipinski definition) is 1. The van der Waals surface area contributed by atoms with E-state index in [0.29, 0.717) is 0 Å². The number of rotatable bonds is 0. The van der Waals surface area contributed by atoms with E-state index in [1.54, 1.807) is 0 Å². The summed E-state index contributed by atoms with van der Waals surface area (Å²) in [5.74, 6) is 0. The summed E-state index contributed by atoms with van der Waals surface area (Å²) in [4.78, 5) is 4.08. The molecule has 2 N–H and O–H groups in total. The Balaban J connectivity index is 0.000000720. The van der Waals surface area contributed by atoms with E-state index < -0.39 is 0 Å². The van der Waals surface area contributed by atoms with Gasteiger partial charge in [0.15, 0.2) is 0 Å². The third-order valence-electron chi connectivity index (χ3n) is 1.81. The molecule has 0 fully saturated rings. The van der Waals surface area contributed by atoms with Crippen molar-refractivity contribution in [1.29, 1.82) is 0 Å². The molecule has 0 saturated heterocycles. The molecule has 0 radical (unpaired) electrons. The lowest BCUT2D eigenvalue weighted by Crippen LogP contribution is -1.87. The minimum atomic E-state index is 0. The van der Waals surface area contributed by atoms with Crippen molar-refractivity contribution in [2.24, 2.45) is 4.99 Å². The Kier molecular flexibility index (Phi) is 5.26. The fourth-order valence-electron chi connectivity index (χ4n) is 1.22. The van der Waals surface area contributed by atoms with Crippen LogP contribution in [0, 0.1) is 0 Å². The average molecular weight is 242 g/mol. The van der Waals surface area contributed by atoms with Crippen LogP contribution in [0.15, 0.2) is 35.5 Å². The molecule has 0 saturated carbocycles. The standard InChI is InChI=1S/C10H9N.BrH.H2O/c1-2-4-10-6-8-11-7-5-9(10)3-1;;/h1-5,7-8H,6H2;1H;1H2. The fraction of sp³-hybridized carbons (Fsp3) is 0.100. The van der Waals surface area contributed by atoms with Crippen molar-refractivity contribution in [3.05, 3.63) is 41.6 Å². The van der Waals surface area contributed by atoms with Gasteiger partial charge in [-0.05, 0) is 17.2 Å². The molecule has 0 amide bonds. The predicted molar refractivity (Wildman–Crippen MR) is 61.6 cm³/mol. The molecule has 1 aliphatic heterocycles. The van der Waals surface area contributed by atoms with Crippen molar-refractivity contribution in [2.75, 3.05) is 0 Å². The molecule has 2 rings (SSSR count). The summed E-state index contributed by atoms with van der Waals surface area (Å²) < 4.78 is 0. The summed E-state index contributed by atoms with van der Waals surface area (Å²) in [7, 11) is 0. The van der Waals surface area contributed by atoms with Gasteiger partial charge < -0.3 is 5.48 Å². The molecule has 3 heteroatoms. The van der Waals surface area contributed by atoms with Crippen LogP contribution in [0.3, 0.4) is 0 Å². The Morgan fingerprint density at radius 1 is 1.15 bits per heavy atom. The van der Waals surface area contributed by atoms with E-state index in [4.69, 9.17) is 0 Å². The van der Waals surface area contributed by atoms with Gasteiger partial charge in [-0.25, -0.2) is 0 Å². The minimum Gasteiger partial charge on any atom is -0.412 e. The molecule has 2 nitrogen and oxygen atoms in total. The van der Waals surface area contributed by atoms with Gasteiger partial charge in [0, 0.05) is 18.8 Å². The number of hydrogen-bond donors (Lipinski definition) is 0. The summed E-state index contributed by atoms with van der Waals surface area (Å²) in [6, 6.07) is 8.36. The molecule has 1 aliphatic rings. The number of halogens is 1. The zero-order valence-corrected chi connectivity index (χ0v) is 8.82. The van der Waals surface area contributed by atoms with Crippen LogP contribution in [0.1, 0.15) is 11.1 Å². The van der Waals surface area contributed by atoms with E-state index >= 15 is 0 Å². The van der Waals surface area contributed by atoms with Crippen molar-refractivity contribution >= 4 is 29.3 Å². The van der Waals surface area contributed by atoms with Gasteiger partial charge in [-0.1, -0.05) is 24.3 Å². The number of aliphatic imine (C=N–C) groups is 1. The summed E-state index contributed by atoms with van der Waals surface area (Å²) in [6.45, 7) is 0. The highest BCUT2D eigenvalue weighted by molar-refractivity contribution is 8.93. The lowest BCUT2D eigenvalue weighted by atomic mass is 10.1. The van der Waals surface area contributed by atoms with Gasteiger partial charge in [-0.2, -0.15) is 0 Å². The Labute approximate surface area is 88.1 Å². The van der Waals surface area contributed by atoms with E-state index in [2.05, 4.69) is 29.3 Å². The number of fused-ring (bicyclic) bond motifs is 1. The molecule has 0 unspecified atom stereocenters. The molecule has 70 valence electrons. The van der Waals surface area contributed by atoms with Crippen LogP contribution >= 0.6 is 17.0 Å². The van der Waals surface area contributed by atoms with Gasteiger partial charge in [0.2, 0.25) is 0 Å². The highest BCUT2D eigenvalue weighted by atomic mass is 79.9. The predicted octanol–water partition coefficient (Wildman–Crippen LogP) is 2.04. The molecule has 0 aliphatic carbocycles. The fourth-order valence-corrected chi connectivity index (χ4v) is 1.22. The van der Waals surface area contributed by atoms with Crippen molar-refractivity contribution in [2.45, 2.75) is 6.42 Å². The van der Waals surface area contributed by atoms with Gasteiger partial charge in [0.1, 0.15) is 0 Å². The molecule has 0 spiro atoms. The first-order valence-corrected chi connectivity index (χ1v) is 3.73. The molecular weight excluding hydrogens is 230 g/mol. The van der Waals surface area contributed by atoms with Crippen LogP contribution in [0.25, 0.3) is 6.08 Å². The van der Waals surface area contributed by atoms with Crippen LogP contribution < -0.4 is 0 Å². The first kappa shape index (κ1) is 12.1. The topological polar surface area (TPSA) is 43.9 Å². The molecule has 0 bridgehead atoms. The average Bonchev–Trinajstić information content (AvgIpc) is 2.28. The summed E-state index contributed by atoms with van der Waals surface area (Å²) in [6.07, 6.45) is 6.76. The second-order valence-electron chi connectivity index (χ2n) is 2.55. The zero-order chi connectivity index (χ0) is 7.52. The van der Waals surface area contributed by atoms with Crippen molar-refractivity contribution in [1.82, 2.24) is 0 Å². The van der Waals surface area contributed by atoms with Crippen molar-refractivity contribution in [3.8, 4) is 0 Å². The number of nitrogens with zero attached hydrogens (tertiary/aromatic N) is 1. The normalized spacial score (nSPS) is 12.0. The second kappa shape index (κ2) is 5.67. The van der Waals surface area contributed by atoms with Gasteiger partial charge in [-0.15, -0.1) is 17.0 Å². The van der Waals surface area contributed by atoms with Crippen LogP contribution in [0.4, 0.5) is 0 Å². The van der Waals surface area contributed by atoms with Crippen molar-refractivity contribution < 1.29 is 5.48 Å². The Morgan fingerprint density at radius 3 is 2.77 bits per heavy atom. The zero-order valence-electron chi connectivity index (χ0n) is 7.10. The number of benzene rings is 1. The smallest absolute Gasteiger partial charge is 0.0270 e. The van der Waals surface area contributed by atoms with E-state index in [1.807, 2.05) is 18.5 Å². The van der Waals surface area contributed by atoms with Gasteiger partial charge in [0.05, 0.1) is 0 Å². The van der Waals surface area contributed by atoms with Crippen LogP contribution in [0.5, 0.6) is 0 Å². The lowest BCUT2D eigenvalue weighted by molar-refractivity contribution is 0.824. The Bertz CT molecular complexity index is 320. The van der Waals surface area contributed by atoms with Crippen LogP contribution in [-0.4, -0.2) is 11.7 Å². The largest absolute Gasteiger partial charge is 0.412 e. The third kappa shape index (κ3) is 2.79. The highest BCUT2D eigenvalue weighted by Gasteiger charge is 1.97. The molecular formula is C10H12BrNO. The maximum absolute atomic E-state index is 4.08. The summed E-state index contributed by atoms with van der Waals surface area (Å²) in [5, 5.41) is 0. The molecule has 0 aromatic heterocycles. The summed E-state index contributed by atoms with van der Waals surface area (Å²) in [5.41, 5.74) is 2.63. The van der Waals surface area contributed by atoms with Crippen LogP contribution in [0.2, 0.25) is 0 Å². The minimum absolute atomic E-state index is 0. The molecule has 1 heterocycles. The first-order valence-electron chi connectivity index (χ1n) is 3.73. The maximum Gasteiger partial charge on any atom is 0.0270 e. The SMILES string of the molecule is Br.C1=Cc2ccccc2CC=N1.O. The quantitative estimate of drug-likeness (QED) is 0.668. The molecule has 13 heavy (non-hydrogen) atoms. The Morgan fingerprint density at radius 2 is 1.92 bits per heavy atom.